The molecule has 112 valence electrons. The number of methoxy groups -OCH3 is 1. The first-order valence-corrected chi connectivity index (χ1v) is 6.75. The van der Waals surface area contributed by atoms with E-state index in [0.717, 1.165) is 22.9 Å². The molecule has 1 unspecified atom stereocenters. The van der Waals surface area contributed by atoms with Gasteiger partial charge in [-0.2, -0.15) is 0 Å². The van der Waals surface area contributed by atoms with E-state index in [0.29, 0.717) is 11.1 Å². The lowest BCUT2D eigenvalue weighted by molar-refractivity contribution is 0.411. The number of nitrogens with one attached hydrogen (secondary N) is 1. The summed E-state index contributed by atoms with van der Waals surface area (Å²) >= 11 is 0. The van der Waals surface area contributed by atoms with Gasteiger partial charge in [-0.25, -0.2) is 8.78 Å². The predicted molar refractivity (Wildman–Crippen MR) is 79.7 cm³/mol. The minimum absolute atomic E-state index is 0.339. The Kier molecular flexibility index (Phi) is 4.58. The third-order valence-electron chi connectivity index (χ3n) is 3.63. The third-order valence-corrected chi connectivity index (χ3v) is 3.63. The van der Waals surface area contributed by atoms with Crippen molar-refractivity contribution < 1.29 is 13.5 Å². The fourth-order valence-electron chi connectivity index (χ4n) is 2.48. The summed E-state index contributed by atoms with van der Waals surface area (Å²) in [6.07, 6.45) is 0. The first-order chi connectivity index (χ1) is 9.97. The molecule has 0 spiro atoms. The van der Waals surface area contributed by atoms with Gasteiger partial charge in [0.2, 0.25) is 0 Å². The van der Waals surface area contributed by atoms with Crippen LogP contribution >= 0.6 is 0 Å². The number of benzene rings is 2. The summed E-state index contributed by atoms with van der Waals surface area (Å²) < 4.78 is 32.7. The van der Waals surface area contributed by atoms with Crippen LogP contribution in [0.4, 0.5) is 8.78 Å². The summed E-state index contributed by atoms with van der Waals surface area (Å²) in [6, 6.07) is 7.82. The van der Waals surface area contributed by atoms with Crippen LogP contribution in [0.2, 0.25) is 0 Å². The summed E-state index contributed by atoms with van der Waals surface area (Å²) in [5, 5.41) is 3.08. The highest BCUT2D eigenvalue weighted by molar-refractivity contribution is 5.42. The second-order valence-electron chi connectivity index (χ2n) is 5.07. The Morgan fingerprint density at radius 2 is 1.71 bits per heavy atom. The molecule has 0 radical (unpaired) electrons. The van der Waals surface area contributed by atoms with E-state index < -0.39 is 11.6 Å². The molecule has 2 nitrogen and oxygen atoms in total. The molecular formula is C17H19F2NO. The van der Waals surface area contributed by atoms with Gasteiger partial charge in [-0.1, -0.05) is 12.1 Å². The number of rotatable bonds is 4. The van der Waals surface area contributed by atoms with Gasteiger partial charge in [0.25, 0.3) is 0 Å². The van der Waals surface area contributed by atoms with Crippen molar-refractivity contribution in [1.29, 1.82) is 0 Å². The first kappa shape index (κ1) is 15.4. The maximum absolute atomic E-state index is 14.1. The van der Waals surface area contributed by atoms with Gasteiger partial charge in [0.1, 0.15) is 17.4 Å². The van der Waals surface area contributed by atoms with Crippen molar-refractivity contribution in [3.05, 3.63) is 64.2 Å². The largest absolute Gasteiger partial charge is 0.496 e. The van der Waals surface area contributed by atoms with E-state index in [-0.39, 0.29) is 6.04 Å². The maximum Gasteiger partial charge on any atom is 0.131 e. The minimum Gasteiger partial charge on any atom is -0.496 e. The fraction of sp³-hybridized carbons (Fsp3) is 0.294. The lowest BCUT2D eigenvalue weighted by atomic mass is 9.95. The molecule has 0 aliphatic carbocycles. The Hall–Kier alpha value is -1.94. The average molecular weight is 291 g/mol. The van der Waals surface area contributed by atoms with Crippen LogP contribution in [0.5, 0.6) is 5.75 Å². The van der Waals surface area contributed by atoms with Crippen LogP contribution in [0.1, 0.15) is 28.3 Å². The van der Waals surface area contributed by atoms with Crippen LogP contribution in [-0.4, -0.2) is 14.2 Å². The summed E-state index contributed by atoms with van der Waals surface area (Å²) in [4.78, 5) is 0. The summed E-state index contributed by atoms with van der Waals surface area (Å²) in [5.74, 6) is -0.299. The minimum atomic E-state index is -0.550. The molecule has 2 aromatic rings. The van der Waals surface area contributed by atoms with Crippen molar-refractivity contribution in [3.63, 3.8) is 0 Å². The van der Waals surface area contributed by atoms with Crippen LogP contribution in [0, 0.1) is 25.5 Å². The standard InChI is InChI=1S/C17H19F2NO/c1-10-8-13(15(19)9-14(10)18)17(20-3)12-5-6-16(21-4)11(2)7-12/h5-9,17,20H,1-4H3. The normalized spacial score (nSPS) is 12.3. The molecule has 1 N–H and O–H groups in total. The Labute approximate surface area is 123 Å². The van der Waals surface area contributed by atoms with Crippen LogP contribution in [0.25, 0.3) is 0 Å². The molecule has 0 saturated heterocycles. The maximum atomic E-state index is 14.1. The highest BCUT2D eigenvalue weighted by atomic mass is 19.1. The van der Waals surface area contributed by atoms with E-state index >= 15 is 0 Å². The smallest absolute Gasteiger partial charge is 0.131 e. The van der Waals surface area contributed by atoms with Crippen molar-refractivity contribution in [2.45, 2.75) is 19.9 Å². The molecule has 21 heavy (non-hydrogen) atoms. The van der Waals surface area contributed by atoms with Crippen LogP contribution < -0.4 is 10.1 Å². The average Bonchev–Trinajstić information content (AvgIpc) is 2.45. The van der Waals surface area contributed by atoms with Crippen molar-refractivity contribution in [2.24, 2.45) is 0 Å². The number of aryl methyl sites for hydroxylation is 2. The van der Waals surface area contributed by atoms with E-state index in [1.54, 1.807) is 27.1 Å². The van der Waals surface area contributed by atoms with Crippen LogP contribution in [0.15, 0.2) is 30.3 Å². The molecule has 0 aromatic heterocycles. The van der Waals surface area contributed by atoms with Gasteiger partial charge in [-0.3, -0.25) is 0 Å². The van der Waals surface area contributed by atoms with Gasteiger partial charge in [-0.05, 0) is 49.7 Å². The zero-order valence-corrected chi connectivity index (χ0v) is 12.6. The van der Waals surface area contributed by atoms with Crippen LogP contribution in [0.3, 0.4) is 0 Å². The molecule has 2 aromatic carbocycles. The highest BCUT2D eigenvalue weighted by Gasteiger charge is 2.18. The van der Waals surface area contributed by atoms with Crippen molar-refractivity contribution in [2.75, 3.05) is 14.2 Å². The zero-order chi connectivity index (χ0) is 15.6. The summed E-state index contributed by atoms with van der Waals surface area (Å²) in [7, 11) is 3.36. The van der Waals surface area contributed by atoms with Gasteiger partial charge >= 0.3 is 0 Å². The van der Waals surface area contributed by atoms with Crippen LogP contribution in [-0.2, 0) is 0 Å². The monoisotopic (exact) mass is 291 g/mol. The zero-order valence-electron chi connectivity index (χ0n) is 12.6. The second kappa shape index (κ2) is 6.22. The SMILES string of the molecule is CNC(c1ccc(OC)c(C)c1)c1cc(C)c(F)cc1F. The van der Waals surface area contributed by atoms with E-state index in [1.165, 1.54) is 0 Å². The molecule has 0 aliphatic heterocycles. The van der Waals surface area contributed by atoms with Gasteiger partial charge in [0.15, 0.2) is 0 Å². The number of ether oxygens (including phenoxy) is 1. The van der Waals surface area contributed by atoms with E-state index in [2.05, 4.69) is 5.32 Å². The second-order valence-corrected chi connectivity index (χ2v) is 5.07. The first-order valence-electron chi connectivity index (χ1n) is 6.75. The fourth-order valence-corrected chi connectivity index (χ4v) is 2.48. The third kappa shape index (κ3) is 3.05. The van der Waals surface area contributed by atoms with E-state index in [1.807, 2.05) is 25.1 Å². The number of halogens is 2. The lowest BCUT2D eigenvalue weighted by Gasteiger charge is -2.20. The van der Waals surface area contributed by atoms with Gasteiger partial charge < -0.3 is 10.1 Å². The molecule has 0 heterocycles. The Morgan fingerprint density at radius 1 is 1.00 bits per heavy atom. The van der Waals surface area contributed by atoms with E-state index in [9.17, 15) is 8.78 Å². The molecule has 0 aliphatic rings. The molecule has 0 bridgehead atoms. The van der Waals surface area contributed by atoms with E-state index in [4.69, 9.17) is 4.74 Å². The van der Waals surface area contributed by atoms with Gasteiger partial charge in [0, 0.05) is 11.6 Å². The molecule has 1 atom stereocenters. The predicted octanol–water partition coefficient (Wildman–Crippen LogP) is 3.90. The number of hydrogen-bond acceptors (Lipinski definition) is 2. The van der Waals surface area contributed by atoms with Crippen molar-refractivity contribution in [1.82, 2.24) is 5.32 Å². The summed E-state index contributed by atoms with van der Waals surface area (Å²) in [5.41, 5.74) is 2.73. The van der Waals surface area contributed by atoms with Gasteiger partial charge in [-0.15, -0.1) is 0 Å². The Bertz CT molecular complexity index is 655. The van der Waals surface area contributed by atoms with Crippen molar-refractivity contribution in [3.8, 4) is 5.75 Å². The lowest BCUT2D eigenvalue weighted by Crippen LogP contribution is -2.19. The molecule has 0 amide bonds. The topological polar surface area (TPSA) is 21.3 Å². The Balaban J connectivity index is 2.49. The van der Waals surface area contributed by atoms with Gasteiger partial charge in [0.05, 0.1) is 13.2 Å². The molecule has 2 rings (SSSR count). The molecular weight excluding hydrogens is 272 g/mol. The quantitative estimate of drug-likeness (QED) is 0.922. The summed E-state index contributed by atoms with van der Waals surface area (Å²) in [6.45, 7) is 3.56. The number of hydrogen-bond donors (Lipinski definition) is 1. The Morgan fingerprint density at radius 3 is 2.29 bits per heavy atom. The molecule has 0 saturated carbocycles. The molecule has 4 heteroatoms. The highest BCUT2D eigenvalue weighted by Crippen LogP contribution is 2.29. The molecule has 0 fully saturated rings. The van der Waals surface area contributed by atoms with Crippen molar-refractivity contribution >= 4 is 0 Å².